The van der Waals surface area contributed by atoms with Gasteiger partial charge in [0.25, 0.3) is 0 Å². The number of piperazine rings is 1. The summed E-state index contributed by atoms with van der Waals surface area (Å²) in [6.07, 6.45) is 6.46. The Labute approximate surface area is 261 Å². The van der Waals surface area contributed by atoms with Crippen molar-refractivity contribution in [2.24, 2.45) is 5.73 Å². The van der Waals surface area contributed by atoms with Crippen LogP contribution >= 0.6 is 0 Å². The smallest absolute Gasteiger partial charge is 0.167 e. The molecule has 0 aliphatic carbocycles. The Bertz CT molecular complexity index is 1500. The molecule has 9 heteroatoms. The average molecular weight is 601 g/mol. The molecule has 0 spiro atoms. The summed E-state index contributed by atoms with van der Waals surface area (Å²) >= 11 is 0. The first kappa shape index (κ1) is 31.5. The van der Waals surface area contributed by atoms with Crippen molar-refractivity contribution in [2.45, 2.75) is 56.9 Å². The minimum Gasteiger partial charge on any atom is -0.493 e. The van der Waals surface area contributed by atoms with E-state index in [1.54, 1.807) is 32.4 Å². The molecule has 2 N–H and O–H groups in total. The summed E-state index contributed by atoms with van der Waals surface area (Å²) in [6.45, 7) is 16.9. The molecule has 3 aliphatic heterocycles. The summed E-state index contributed by atoms with van der Waals surface area (Å²) in [5.41, 5.74) is 12.7. The van der Waals surface area contributed by atoms with Crippen LogP contribution in [0.15, 0.2) is 44.0 Å². The lowest BCUT2D eigenvalue weighted by atomic mass is 9.71. The Balaban J connectivity index is 1.81. The number of ether oxygens (including phenoxy) is 5. The number of nitrogens with zero attached hydrogens (tertiary/aromatic N) is 3. The molecule has 1 saturated heterocycles. The molecule has 0 unspecified atom stereocenters. The molecule has 234 valence electrons. The van der Waals surface area contributed by atoms with Gasteiger partial charge in [0.05, 0.1) is 32.4 Å². The van der Waals surface area contributed by atoms with E-state index in [2.05, 4.69) is 48.7 Å². The van der Waals surface area contributed by atoms with Gasteiger partial charge in [0, 0.05) is 40.9 Å². The van der Waals surface area contributed by atoms with Crippen molar-refractivity contribution in [3.63, 3.8) is 0 Å². The maximum absolute atomic E-state index is 10.8. The van der Waals surface area contributed by atoms with Crippen molar-refractivity contribution in [2.75, 3.05) is 47.6 Å². The van der Waals surface area contributed by atoms with E-state index >= 15 is 0 Å². The van der Waals surface area contributed by atoms with Crippen LogP contribution in [0.2, 0.25) is 0 Å². The summed E-state index contributed by atoms with van der Waals surface area (Å²) in [4.78, 5) is 4.67. The van der Waals surface area contributed by atoms with E-state index in [0.29, 0.717) is 49.9 Å². The Morgan fingerprint density at radius 3 is 2.02 bits per heavy atom. The molecule has 9 nitrogen and oxygen atoms in total. The second-order valence-corrected chi connectivity index (χ2v) is 11.6. The molecule has 1 fully saturated rings. The lowest BCUT2D eigenvalue weighted by Crippen LogP contribution is -2.68. The number of benzene rings is 2. The fourth-order valence-corrected chi connectivity index (χ4v) is 7.73. The van der Waals surface area contributed by atoms with Crippen LogP contribution in [0.4, 0.5) is 0 Å². The fourth-order valence-electron chi connectivity index (χ4n) is 7.73. The molecule has 0 amide bonds. The quantitative estimate of drug-likeness (QED) is 0.346. The van der Waals surface area contributed by atoms with Gasteiger partial charge in [0.15, 0.2) is 23.0 Å². The van der Waals surface area contributed by atoms with E-state index in [-0.39, 0.29) is 30.7 Å². The third kappa shape index (κ3) is 4.82. The van der Waals surface area contributed by atoms with Crippen molar-refractivity contribution in [1.29, 1.82) is 5.26 Å². The molecule has 3 heterocycles. The van der Waals surface area contributed by atoms with Crippen LogP contribution in [0, 0.1) is 25.2 Å². The number of fused-ring (bicyclic) bond motifs is 7. The van der Waals surface area contributed by atoms with Crippen LogP contribution in [0.5, 0.6) is 28.7 Å². The maximum atomic E-state index is 10.8. The molecule has 2 bridgehead atoms. The lowest BCUT2D eigenvalue weighted by molar-refractivity contribution is -0.0712. The van der Waals surface area contributed by atoms with Crippen LogP contribution in [0.3, 0.4) is 0 Å². The van der Waals surface area contributed by atoms with Gasteiger partial charge in [0.1, 0.15) is 31.6 Å². The standard InChI is InChI=1S/C35H44N4O5/c1-9-12-42-32-21(5)33(41-8)35(44-14-11-3)29-23(32)17-25-30-28-22(15-20(4)31(40-7)34(28)43-13-10-2)16-24(38(30)6)26(18-36)39(25)27(29)19-37/h9-11,15,24-27,30H,1-3,12-14,16-17,19,37H2,4-8H3/t24-,25+,26+,27+,30-/m1/s1. The predicted octanol–water partition coefficient (Wildman–Crippen LogP) is 4.75. The van der Waals surface area contributed by atoms with Crippen molar-refractivity contribution >= 4 is 0 Å². The number of hydrogen-bond donors (Lipinski definition) is 1. The minimum absolute atomic E-state index is 0.0641. The van der Waals surface area contributed by atoms with Gasteiger partial charge in [-0.05, 0) is 44.9 Å². The van der Waals surface area contributed by atoms with Crippen molar-refractivity contribution in [1.82, 2.24) is 9.80 Å². The summed E-state index contributed by atoms with van der Waals surface area (Å²) in [6, 6.07) is 3.80. The van der Waals surface area contributed by atoms with Gasteiger partial charge in [-0.25, -0.2) is 0 Å². The van der Waals surface area contributed by atoms with Gasteiger partial charge < -0.3 is 29.4 Å². The number of hydrogen-bond acceptors (Lipinski definition) is 9. The summed E-state index contributed by atoms with van der Waals surface area (Å²) in [5.74, 6) is 3.39. The molecule has 0 saturated carbocycles. The average Bonchev–Trinajstić information content (AvgIpc) is 3.01. The molecule has 5 rings (SSSR count). The van der Waals surface area contributed by atoms with Crippen LogP contribution < -0.4 is 29.4 Å². The fraction of sp³-hybridized carbons (Fsp3) is 0.457. The van der Waals surface area contributed by atoms with Gasteiger partial charge >= 0.3 is 0 Å². The summed E-state index contributed by atoms with van der Waals surface area (Å²) in [7, 11) is 5.42. The highest BCUT2D eigenvalue weighted by Gasteiger charge is 2.56. The highest BCUT2D eigenvalue weighted by atomic mass is 16.5. The first-order chi connectivity index (χ1) is 21.3. The number of nitriles is 1. The van der Waals surface area contributed by atoms with E-state index in [0.717, 1.165) is 39.3 Å². The molecular weight excluding hydrogens is 556 g/mol. The number of likely N-dealkylation sites (N-methyl/N-ethyl adjacent to an activating group) is 1. The van der Waals surface area contributed by atoms with Gasteiger partial charge in [-0.1, -0.05) is 44.0 Å². The molecule has 2 aromatic carbocycles. The first-order valence-corrected chi connectivity index (χ1v) is 15.1. The monoisotopic (exact) mass is 600 g/mol. The summed E-state index contributed by atoms with van der Waals surface area (Å²) in [5, 5.41) is 10.8. The van der Waals surface area contributed by atoms with Crippen LogP contribution in [0.25, 0.3) is 0 Å². The zero-order valence-corrected chi connectivity index (χ0v) is 26.5. The lowest BCUT2D eigenvalue weighted by Gasteiger charge is -2.60. The minimum atomic E-state index is -0.423. The third-order valence-corrected chi connectivity index (χ3v) is 9.30. The molecule has 44 heavy (non-hydrogen) atoms. The van der Waals surface area contributed by atoms with Crippen molar-refractivity contribution in [3.05, 3.63) is 77.4 Å². The third-order valence-electron chi connectivity index (χ3n) is 9.30. The van der Waals surface area contributed by atoms with E-state index in [1.807, 2.05) is 13.8 Å². The maximum Gasteiger partial charge on any atom is 0.167 e. The predicted molar refractivity (Wildman–Crippen MR) is 171 cm³/mol. The molecule has 0 aromatic heterocycles. The van der Waals surface area contributed by atoms with Gasteiger partial charge in [-0.15, -0.1) is 0 Å². The van der Waals surface area contributed by atoms with Crippen LogP contribution in [-0.2, 0) is 12.8 Å². The van der Waals surface area contributed by atoms with Crippen molar-refractivity contribution in [3.8, 4) is 34.8 Å². The first-order valence-electron chi connectivity index (χ1n) is 15.1. The topological polar surface area (TPSA) is 102 Å². The molecule has 0 radical (unpaired) electrons. The number of nitrogens with two attached hydrogens (primary N) is 1. The van der Waals surface area contributed by atoms with Gasteiger partial charge in [-0.2, -0.15) is 5.26 Å². The Kier molecular flexibility index (Phi) is 9.26. The highest BCUT2D eigenvalue weighted by Crippen LogP contribution is 2.57. The summed E-state index contributed by atoms with van der Waals surface area (Å²) < 4.78 is 30.9. The number of methoxy groups -OCH3 is 2. The Morgan fingerprint density at radius 1 is 0.886 bits per heavy atom. The van der Waals surface area contributed by atoms with E-state index in [4.69, 9.17) is 29.4 Å². The van der Waals surface area contributed by atoms with E-state index < -0.39 is 6.04 Å². The molecule has 5 atom stereocenters. The highest BCUT2D eigenvalue weighted by molar-refractivity contribution is 5.66. The second-order valence-electron chi connectivity index (χ2n) is 11.6. The van der Waals surface area contributed by atoms with E-state index in [9.17, 15) is 5.26 Å². The van der Waals surface area contributed by atoms with E-state index in [1.165, 1.54) is 5.56 Å². The van der Waals surface area contributed by atoms with Gasteiger partial charge in [0.2, 0.25) is 0 Å². The van der Waals surface area contributed by atoms with Crippen molar-refractivity contribution < 1.29 is 23.7 Å². The number of aryl methyl sites for hydroxylation is 1. The van der Waals surface area contributed by atoms with Crippen LogP contribution in [-0.4, -0.2) is 75.6 Å². The zero-order valence-electron chi connectivity index (χ0n) is 26.5. The SMILES string of the molecule is C=CCOc1c(C)c(OC)c(OCC=C)c2c1C[C@H]1[C@@H]3c4c(cc(C)c(OC)c4OCC=C)C[C@H]([C@H](C#N)N1[C@H]2CN)N3C. The number of rotatable bonds is 12. The largest absolute Gasteiger partial charge is 0.493 e. The molecular formula is C35H44N4O5. The zero-order chi connectivity index (χ0) is 31.7. The van der Waals surface area contributed by atoms with Crippen LogP contribution in [0.1, 0.15) is 45.5 Å². The Morgan fingerprint density at radius 2 is 1.48 bits per heavy atom. The Hall–Kier alpha value is -3.97. The van der Waals surface area contributed by atoms with Gasteiger partial charge in [-0.3, -0.25) is 9.80 Å². The molecule has 2 aromatic rings. The molecule has 3 aliphatic rings. The second kappa shape index (κ2) is 12.9. The normalized spacial score (nSPS) is 23.7.